The fourth-order valence-corrected chi connectivity index (χ4v) is 3.84. The average Bonchev–Trinajstić information content (AvgIpc) is 2.73. The number of pyridine rings is 1. The summed E-state index contributed by atoms with van der Waals surface area (Å²) in [6.45, 7) is 2.83. The highest BCUT2D eigenvalue weighted by atomic mass is 16.1. The Hall–Kier alpha value is -2.50. The van der Waals surface area contributed by atoms with Gasteiger partial charge in [-0.2, -0.15) is 0 Å². The number of hydrogen-bond acceptors (Lipinski definition) is 5. The van der Waals surface area contributed by atoms with Crippen molar-refractivity contribution in [3.8, 4) is 11.3 Å². The van der Waals surface area contributed by atoms with Crippen molar-refractivity contribution in [1.82, 2.24) is 20.3 Å². The van der Waals surface area contributed by atoms with Crippen LogP contribution in [0.3, 0.4) is 0 Å². The van der Waals surface area contributed by atoms with Crippen molar-refractivity contribution >= 4 is 11.9 Å². The van der Waals surface area contributed by atoms with Crippen LogP contribution in [0.15, 0.2) is 30.6 Å². The first kappa shape index (κ1) is 20.2. The van der Waals surface area contributed by atoms with Crippen LogP contribution in [-0.4, -0.2) is 41.5 Å². The number of nitrogens with zero attached hydrogens (tertiary/aromatic N) is 4. The molecule has 6 heteroatoms. The van der Waals surface area contributed by atoms with Crippen molar-refractivity contribution in [2.75, 3.05) is 25.5 Å². The third-order valence-electron chi connectivity index (χ3n) is 5.44. The van der Waals surface area contributed by atoms with Crippen LogP contribution in [0.2, 0.25) is 0 Å². The van der Waals surface area contributed by atoms with Gasteiger partial charge in [0, 0.05) is 50.9 Å². The average molecular weight is 382 g/mol. The van der Waals surface area contributed by atoms with E-state index < -0.39 is 0 Å². The number of anilines is 1. The van der Waals surface area contributed by atoms with E-state index in [4.69, 9.17) is 4.98 Å². The molecule has 1 aliphatic rings. The Balaban J connectivity index is 1.72. The topological polar surface area (TPSA) is 71.0 Å². The lowest BCUT2D eigenvalue weighted by Gasteiger charge is -2.29. The molecule has 1 aliphatic carbocycles. The summed E-state index contributed by atoms with van der Waals surface area (Å²) in [4.78, 5) is 27.6. The molecule has 0 aromatic carbocycles. The maximum atomic E-state index is 11.7. The van der Waals surface area contributed by atoms with Crippen molar-refractivity contribution in [3.63, 3.8) is 0 Å². The largest absolute Gasteiger partial charge is 0.356 e. The Bertz CT molecular complexity index is 770. The highest BCUT2D eigenvalue weighted by Crippen LogP contribution is 2.38. The summed E-state index contributed by atoms with van der Waals surface area (Å²) in [7, 11) is 3.94. The SMILES string of the molecule is CCCC(=O)NCC1CCC(c2nc(N(C)C)ncc2-c2ccccn2)CC1. The molecular weight excluding hydrogens is 350 g/mol. The molecule has 2 aromatic heterocycles. The second kappa shape index (κ2) is 9.62. The fraction of sp³-hybridized carbons (Fsp3) is 0.545. The van der Waals surface area contributed by atoms with Gasteiger partial charge in [-0.3, -0.25) is 9.78 Å². The Morgan fingerprint density at radius 3 is 2.61 bits per heavy atom. The van der Waals surface area contributed by atoms with Gasteiger partial charge in [-0.1, -0.05) is 13.0 Å². The minimum atomic E-state index is 0.175. The van der Waals surface area contributed by atoms with Gasteiger partial charge in [-0.25, -0.2) is 9.97 Å². The van der Waals surface area contributed by atoms with Crippen LogP contribution in [0, 0.1) is 5.92 Å². The number of aromatic nitrogens is 3. The second-order valence-corrected chi connectivity index (χ2v) is 7.85. The summed E-state index contributed by atoms with van der Waals surface area (Å²) in [6.07, 6.45) is 9.63. The molecule has 0 saturated heterocycles. The fourth-order valence-electron chi connectivity index (χ4n) is 3.84. The summed E-state index contributed by atoms with van der Waals surface area (Å²) in [6, 6.07) is 5.95. The number of nitrogens with one attached hydrogen (secondary N) is 1. The van der Waals surface area contributed by atoms with Crippen molar-refractivity contribution < 1.29 is 4.79 Å². The first-order valence-electron chi connectivity index (χ1n) is 10.3. The number of rotatable bonds is 7. The molecule has 3 rings (SSSR count). The molecule has 150 valence electrons. The van der Waals surface area contributed by atoms with Gasteiger partial charge in [0.15, 0.2) is 0 Å². The first-order chi connectivity index (χ1) is 13.6. The molecular formula is C22H31N5O. The van der Waals surface area contributed by atoms with E-state index in [0.717, 1.165) is 61.5 Å². The molecule has 2 heterocycles. The number of carbonyl (C=O) groups is 1. The Morgan fingerprint density at radius 2 is 1.96 bits per heavy atom. The zero-order chi connectivity index (χ0) is 19.9. The highest BCUT2D eigenvalue weighted by Gasteiger charge is 2.27. The quantitative estimate of drug-likeness (QED) is 0.790. The Morgan fingerprint density at radius 1 is 1.18 bits per heavy atom. The Labute approximate surface area is 167 Å². The molecule has 0 bridgehead atoms. The summed E-state index contributed by atoms with van der Waals surface area (Å²) in [5.41, 5.74) is 3.06. The smallest absolute Gasteiger partial charge is 0.225 e. The van der Waals surface area contributed by atoms with E-state index in [2.05, 4.69) is 15.3 Å². The van der Waals surface area contributed by atoms with Crippen LogP contribution in [0.4, 0.5) is 5.95 Å². The van der Waals surface area contributed by atoms with E-state index in [1.54, 1.807) is 0 Å². The van der Waals surface area contributed by atoms with E-state index >= 15 is 0 Å². The van der Waals surface area contributed by atoms with Gasteiger partial charge in [-0.05, 0) is 50.2 Å². The van der Waals surface area contributed by atoms with Crippen LogP contribution < -0.4 is 10.2 Å². The molecule has 0 atom stereocenters. The molecule has 0 aliphatic heterocycles. The van der Waals surface area contributed by atoms with Gasteiger partial charge in [0.05, 0.1) is 11.4 Å². The normalized spacial score (nSPS) is 19.2. The molecule has 1 N–H and O–H groups in total. The molecule has 1 saturated carbocycles. The zero-order valence-electron chi connectivity index (χ0n) is 17.2. The third kappa shape index (κ3) is 5.06. The van der Waals surface area contributed by atoms with Gasteiger partial charge in [-0.15, -0.1) is 0 Å². The molecule has 28 heavy (non-hydrogen) atoms. The van der Waals surface area contributed by atoms with E-state index in [0.29, 0.717) is 18.3 Å². The Kier molecular flexibility index (Phi) is 6.95. The maximum Gasteiger partial charge on any atom is 0.225 e. The van der Waals surface area contributed by atoms with Crippen molar-refractivity contribution in [1.29, 1.82) is 0 Å². The minimum absolute atomic E-state index is 0.175. The van der Waals surface area contributed by atoms with Crippen LogP contribution in [0.1, 0.15) is 57.1 Å². The van der Waals surface area contributed by atoms with Crippen molar-refractivity contribution in [2.24, 2.45) is 5.92 Å². The summed E-state index contributed by atoms with van der Waals surface area (Å²) in [5.74, 6) is 1.88. The predicted molar refractivity (Wildman–Crippen MR) is 112 cm³/mol. The lowest BCUT2D eigenvalue weighted by atomic mass is 9.79. The van der Waals surface area contributed by atoms with Gasteiger partial charge in [0.2, 0.25) is 11.9 Å². The summed E-state index contributed by atoms with van der Waals surface area (Å²) >= 11 is 0. The molecule has 0 unspecified atom stereocenters. The van der Waals surface area contributed by atoms with E-state index in [1.807, 2.05) is 56.5 Å². The van der Waals surface area contributed by atoms with E-state index in [1.165, 1.54) is 0 Å². The van der Waals surface area contributed by atoms with Crippen LogP contribution >= 0.6 is 0 Å². The third-order valence-corrected chi connectivity index (χ3v) is 5.44. The predicted octanol–water partition coefficient (Wildman–Crippen LogP) is 3.79. The van der Waals surface area contributed by atoms with Crippen molar-refractivity contribution in [2.45, 2.75) is 51.4 Å². The van der Waals surface area contributed by atoms with Crippen molar-refractivity contribution in [3.05, 3.63) is 36.3 Å². The van der Waals surface area contributed by atoms with E-state index in [-0.39, 0.29) is 5.91 Å². The second-order valence-electron chi connectivity index (χ2n) is 7.85. The monoisotopic (exact) mass is 381 g/mol. The van der Waals surface area contributed by atoms with Gasteiger partial charge >= 0.3 is 0 Å². The molecule has 1 fully saturated rings. The lowest BCUT2D eigenvalue weighted by molar-refractivity contribution is -0.121. The van der Waals surface area contributed by atoms with Crippen LogP contribution in [0.5, 0.6) is 0 Å². The maximum absolute atomic E-state index is 11.7. The van der Waals surface area contributed by atoms with Gasteiger partial charge < -0.3 is 10.2 Å². The molecule has 1 amide bonds. The molecule has 6 nitrogen and oxygen atoms in total. The standard InChI is InChI=1S/C22H31N5O/c1-4-7-20(28)24-14-16-9-11-17(12-10-16)21-18(19-8-5-6-13-23-19)15-25-22(26-21)27(2)3/h5-6,8,13,15-17H,4,7,9-12,14H2,1-3H3,(H,24,28). The minimum Gasteiger partial charge on any atom is -0.356 e. The molecule has 0 radical (unpaired) electrons. The molecule has 2 aromatic rings. The summed E-state index contributed by atoms with van der Waals surface area (Å²) < 4.78 is 0. The van der Waals surface area contributed by atoms with Crippen LogP contribution in [-0.2, 0) is 4.79 Å². The lowest BCUT2D eigenvalue weighted by Crippen LogP contribution is -2.31. The number of amides is 1. The number of carbonyl (C=O) groups excluding carboxylic acids is 1. The highest BCUT2D eigenvalue weighted by molar-refractivity contribution is 5.75. The number of hydrogen-bond donors (Lipinski definition) is 1. The zero-order valence-corrected chi connectivity index (χ0v) is 17.2. The summed E-state index contributed by atoms with van der Waals surface area (Å²) in [5, 5.41) is 3.09. The van der Waals surface area contributed by atoms with Crippen LogP contribution in [0.25, 0.3) is 11.3 Å². The van der Waals surface area contributed by atoms with E-state index in [9.17, 15) is 4.79 Å². The van der Waals surface area contributed by atoms with Gasteiger partial charge in [0.1, 0.15) is 0 Å². The molecule has 0 spiro atoms. The first-order valence-corrected chi connectivity index (χ1v) is 10.3. The van der Waals surface area contributed by atoms with Gasteiger partial charge in [0.25, 0.3) is 0 Å².